The summed E-state index contributed by atoms with van der Waals surface area (Å²) in [5.74, 6) is 2.51. The lowest BCUT2D eigenvalue weighted by molar-refractivity contribution is -0.137. The van der Waals surface area contributed by atoms with Gasteiger partial charge in [0, 0.05) is 19.0 Å². The monoisotopic (exact) mass is 317 g/mol. The van der Waals surface area contributed by atoms with E-state index in [9.17, 15) is 4.79 Å². The quantitative estimate of drug-likeness (QED) is 0.797. The van der Waals surface area contributed by atoms with Gasteiger partial charge in [-0.15, -0.1) is 16.8 Å². The van der Waals surface area contributed by atoms with Crippen LogP contribution < -0.4 is 0 Å². The summed E-state index contributed by atoms with van der Waals surface area (Å²) in [7, 11) is 0. The van der Waals surface area contributed by atoms with Crippen LogP contribution in [0.15, 0.2) is 12.7 Å². The number of fused-ring (bicyclic) bond motifs is 1. The third-order valence-corrected chi connectivity index (χ3v) is 4.89. The molecule has 2 aliphatic rings. The van der Waals surface area contributed by atoms with E-state index in [0.29, 0.717) is 12.5 Å². The van der Waals surface area contributed by atoms with Gasteiger partial charge in [-0.1, -0.05) is 19.9 Å². The van der Waals surface area contributed by atoms with Crippen molar-refractivity contribution in [3.8, 4) is 0 Å². The Morgan fingerprint density at radius 2 is 2.22 bits per heavy atom. The first-order chi connectivity index (χ1) is 11.0. The maximum absolute atomic E-state index is 13.0. The number of rotatable bonds is 4. The van der Waals surface area contributed by atoms with Crippen molar-refractivity contribution in [1.82, 2.24) is 24.6 Å². The number of amides is 1. The summed E-state index contributed by atoms with van der Waals surface area (Å²) in [6.45, 7) is 13.3. The zero-order chi connectivity index (χ0) is 16.6. The van der Waals surface area contributed by atoms with Crippen LogP contribution in [0.5, 0.6) is 0 Å². The van der Waals surface area contributed by atoms with Crippen molar-refractivity contribution in [1.29, 1.82) is 0 Å². The number of nitrogens with zero attached hydrogens (tertiary/aromatic N) is 5. The standard InChI is InChI=1S/C17H27N5O/c1-5-8-20-9-6-7-14(20)17(23)21-10-13(4)22-15(11-21)18-19-16(22)12(2)3/h5,12-14H,1,6-11H2,2-4H3/t13-,14-/m0/s1. The Morgan fingerprint density at radius 3 is 2.91 bits per heavy atom. The van der Waals surface area contributed by atoms with Crippen LogP contribution in [0, 0.1) is 0 Å². The molecule has 3 heterocycles. The van der Waals surface area contributed by atoms with Crippen LogP contribution in [0.25, 0.3) is 0 Å². The fourth-order valence-electron chi connectivity index (χ4n) is 3.82. The van der Waals surface area contributed by atoms with Gasteiger partial charge in [-0.3, -0.25) is 9.69 Å². The van der Waals surface area contributed by atoms with Crippen molar-refractivity contribution in [2.24, 2.45) is 0 Å². The molecule has 0 bridgehead atoms. The van der Waals surface area contributed by atoms with Gasteiger partial charge >= 0.3 is 0 Å². The zero-order valence-electron chi connectivity index (χ0n) is 14.4. The molecule has 1 aromatic rings. The van der Waals surface area contributed by atoms with E-state index in [0.717, 1.165) is 44.1 Å². The second kappa shape index (κ2) is 6.43. The van der Waals surface area contributed by atoms with E-state index in [2.05, 4.69) is 47.0 Å². The molecule has 2 atom stereocenters. The molecule has 1 aromatic heterocycles. The molecule has 0 aliphatic carbocycles. The van der Waals surface area contributed by atoms with Crippen molar-refractivity contribution in [2.75, 3.05) is 19.6 Å². The summed E-state index contributed by atoms with van der Waals surface area (Å²) in [5.41, 5.74) is 0. The molecule has 23 heavy (non-hydrogen) atoms. The molecular weight excluding hydrogens is 290 g/mol. The second-order valence-electron chi connectivity index (χ2n) is 7.01. The predicted molar refractivity (Wildman–Crippen MR) is 89.0 cm³/mol. The Morgan fingerprint density at radius 1 is 1.43 bits per heavy atom. The lowest BCUT2D eigenvalue weighted by atomic mass is 10.1. The van der Waals surface area contributed by atoms with Crippen LogP contribution in [-0.2, 0) is 11.3 Å². The summed E-state index contributed by atoms with van der Waals surface area (Å²) in [6, 6.07) is 0.226. The van der Waals surface area contributed by atoms with Crippen molar-refractivity contribution in [2.45, 2.75) is 58.2 Å². The van der Waals surface area contributed by atoms with Crippen LogP contribution in [0.2, 0.25) is 0 Å². The van der Waals surface area contributed by atoms with Gasteiger partial charge in [-0.25, -0.2) is 0 Å². The number of aromatic nitrogens is 3. The predicted octanol–water partition coefficient (Wildman–Crippen LogP) is 1.96. The van der Waals surface area contributed by atoms with Gasteiger partial charge < -0.3 is 9.47 Å². The molecule has 0 unspecified atom stereocenters. The van der Waals surface area contributed by atoms with Gasteiger partial charge in [0.25, 0.3) is 0 Å². The minimum atomic E-state index is -0.000703. The van der Waals surface area contributed by atoms with Crippen molar-refractivity contribution in [3.05, 3.63) is 24.3 Å². The molecule has 3 rings (SSSR count). The molecule has 1 amide bonds. The number of carbonyl (C=O) groups excluding carboxylic acids is 1. The van der Waals surface area contributed by atoms with Crippen LogP contribution in [0.4, 0.5) is 0 Å². The largest absolute Gasteiger partial charge is 0.332 e. The summed E-state index contributed by atoms with van der Waals surface area (Å²) in [6.07, 6.45) is 3.92. The first-order valence-electron chi connectivity index (χ1n) is 8.60. The van der Waals surface area contributed by atoms with Crippen LogP contribution in [0.1, 0.15) is 57.2 Å². The first kappa shape index (κ1) is 16.2. The molecule has 0 radical (unpaired) electrons. The number of carbonyl (C=O) groups is 1. The minimum Gasteiger partial charge on any atom is -0.332 e. The summed E-state index contributed by atoms with van der Waals surface area (Å²) < 4.78 is 2.21. The van der Waals surface area contributed by atoms with E-state index < -0.39 is 0 Å². The van der Waals surface area contributed by atoms with E-state index >= 15 is 0 Å². The average molecular weight is 317 g/mol. The highest BCUT2D eigenvalue weighted by Gasteiger charge is 2.36. The SMILES string of the molecule is C=CCN1CCC[C@H]1C(=O)N1Cc2nnc(C(C)C)n2[C@@H](C)C1. The van der Waals surface area contributed by atoms with E-state index in [1.165, 1.54) is 0 Å². The number of hydrogen-bond donors (Lipinski definition) is 0. The Hall–Kier alpha value is -1.69. The fraction of sp³-hybridized carbons (Fsp3) is 0.706. The Balaban J connectivity index is 1.77. The van der Waals surface area contributed by atoms with Gasteiger partial charge in [0.2, 0.25) is 5.91 Å². The molecule has 0 spiro atoms. The normalized spacial score (nSPS) is 25.0. The van der Waals surface area contributed by atoms with Crippen molar-refractivity contribution in [3.63, 3.8) is 0 Å². The lowest BCUT2D eigenvalue weighted by Gasteiger charge is -2.36. The fourth-order valence-corrected chi connectivity index (χ4v) is 3.82. The first-order valence-corrected chi connectivity index (χ1v) is 8.60. The van der Waals surface area contributed by atoms with Gasteiger partial charge in [0.15, 0.2) is 5.82 Å². The smallest absolute Gasteiger partial charge is 0.240 e. The van der Waals surface area contributed by atoms with Crippen molar-refractivity contribution >= 4 is 5.91 Å². The topological polar surface area (TPSA) is 54.3 Å². The molecule has 6 heteroatoms. The highest BCUT2D eigenvalue weighted by Crippen LogP contribution is 2.27. The zero-order valence-corrected chi connectivity index (χ0v) is 14.4. The Labute approximate surface area is 138 Å². The summed E-state index contributed by atoms with van der Waals surface area (Å²) in [5, 5.41) is 8.67. The molecular formula is C17H27N5O. The third kappa shape index (κ3) is 2.92. The molecule has 1 fully saturated rings. The maximum atomic E-state index is 13.0. The van der Waals surface area contributed by atoms with E-state index in [1.807, 2.05) is 11.0 Å². The Kier molecular flexibility index (Phi) is 4.53. The Bertz CT molecular complexity index is 594. The van der Waals surface area contributed by atoms with E-state index in [1.54, 1.807) is 0 Å². The van der Waals surface area contributed by atoms with Crippen LogP contribution in [-0.4, -0.2) is 56.1 Å². The second-order valence-corrected chi connectivity index (χ2v) is 7.01. The highest BCUT2D eigenvalue weighted by molar-refractivity contribution is 5.82. The highest BCUT2D eigenvalue weighted by atomic mass is 16.2. The third-order valence-electron chi connectivity index (χ3n) is 4.89. The van der Waals surface area contributed by atoms with Crippen molar-refractivity contribution < 1.29 is 4.79 Å². The number of likely N-dealkylation sites (tertiary alicyclic amines) is 1. The average Bonchev–Trinajstić information content (AvgIpc) is 3.13. The number of hydrogen-bond acceptors (Lipinski definition) is 4. The van der Waals surface area contributed by atoms with Gasteiger partial charge in [0.1, 0.15) is 5.82 Å². The lowest BCUT2D eigenvalue weighted by Crippen LogP contribution is -2.49. The maximum Gasteiger partial charge on any atom is 0.240 e. The minimum absolute atomic E-state index is 0.000703. The van der Waals surface area contributed by atoms with E-state index in [4.69, 9.17) is 0 Å². The molecule has 1 saturated heterocycles. The van der Waals surface area contributed by atoms with Gasteiger partial charge in [0.05, 0.1) is 18.6 Å². The molecule has 0 N–H and O–H groups in total. The summed E-state index contributed by atoms with van der Waals surface area (Å²) >= 11 is 0. The van der Waals surface area contributed by atoms with Crippen LogP contribution in [0.3, 0.4) is 0 Å². The van der Waals surface area contributed by atoms with E-state index in [-0.39, 0.29) is 18.0 Å². The summed E-state index contributed by atoms with van der Waals surface area (Å²) in [4.78, 5) is 17.2. The molecule has 0 aromatic carbocycles. The molecule has 6 nitrogen and oxygen atoms in total. The molecule has 2 aliphatic heterocycles. The molecule has 126 valence electrons. The van der Waals surface area contributed by atoms with Gasteiger partial charge in [-0.05, 0) is 26.3 Å². The van der Waals surface area contributed by atoms with Crippen LogP contribution >= 0.6 is 0 Å². The molecule has 0 saturated carbocycles. The van der Waals surface area contributed by atoms with Gasteiger partial charge in [-0.2, -0.15) is 0 Å².